The number of hydrogen-bond acceptors (Lipinski definition) is 5. The van der Waals surface area contributed by atoms with Gasteiger partial charge in [-0.25, -0.2) is 4.98 Å². The van der Waals surface area contributed by atoms with E-state index in [1.54, 1.807) is 22.8 Å². The molecular formula is C17H25N5O2. The lowest BCUT2D eigenvalue weighted by molar-refractivity contribution is -0.130. The summed E-state index contributed by atoms with van der Waals surface area (Å²) >= 11 is 0. The third-order valence-corrected chi connectivity index (χ3v) is 4.79. The number of rotatable bonds is 2. The van der Waals surface area contributed by atoms with Crippen LogP contribution in [0.2, 0.25) is 0 Å². The average molecular weight is 331 g/mol. The van der Waals surface area contributed by atoms with Crippen molar-refractivity contribution in [1.29, 1.82) is 0 Å². The summed E-state index contributed by atoms with van der Waals surface area (Å²) in [5, 5.41) is 0. The number of hydrogen-bond donors (Lipinski definition) is 0. The smallest absolute Gasteiger partial charge is 0.272 e. The van der Waals surface area contributed by atoms with Crippen LogP contribution in [-0.2, 0) is 4.79 Å². The highest BCUT2D eigenvalue weighted by Crippen LogP contribution is 2.15. The van der Waals surface area contributed by atoms with Crippen LogP contribution in [0.1, 0.15) is 17.4 Å². The molecule has 1 aromatic rings. The minimum atomic E-state index is -0.0471. The second kappa shape index (κ2) is 7.17. The predicted octanol–water partition coefficient (Wildman–Crippen LogP) is 0.138. The van der Waals surface area contributed by atoms with E-state index in [0.29, 0.717) is 31.9 Å². The van der Waals surface area contributed by atoms with E-state index in [0.717, 1.165) is 32.0 Å². The molecule has 24 heavy (non-hydrogen) atoms. The summed E-state index contributed by atoms with van der Waals surface area (Å²) < 4.78 is 0. The van der Waals surface area contributed by atoms with E-state index in [2.05, 4.69) is 21.8 Å². The van der Waals surface area contributed by atoms with Gasteiger partial charge < -0.3 is 19.6 Å². The predicted molar refractivity (Wildman–Crippen MR) is 92.1 cm³/mol. The van der Waals surface area contributed by atoms with Crippen LogP contribution in [-0.4, -0.2) is 90.9 Å². The van der Waals surface area contributed by atoms with Crippen molar-refractivity contribution in [1.82, 2.24) is 19.7 Å². The largest absolute Gasteiger partial charge is 0.354 e. The third kappa shape index (κ3) is 3.67. The molecular weight excluding hydrogens is 306 g/mol. The van der Waals surface area contributed by atoms with Crippen LogP contribution in [0.25, 0.3) is 0 Å². The van der Waals surface area contributed by atoms with Gasteiger partial charge in [0.15, 0.2) is 0 Å². The van der Waals surface area contributed by atoms with Crippen molar-refractivity contribution in [2.45, 2.75) is 6.92 Å². The molecule has 0 aromatic carbocycles. The van der Waals surface area contributed by atoms with Crippen molar-refractivity contribution in [3.8, 4) is 0 Å². The third-order valence-electron chi connectivity index (χ3n) is 4.79. The first kappa shape index (κ1) is 16.7. The zero-order valence-electron chi connectivity index (χ0n) is 14.4. The molecule has 3 heterocycles. The summed E-state index contributed by atoms with van der Waals surface area (Å²) in [5.41, 5.74) is 0.489. The normalized spacial score (nSPS) is 19.5. The SMILES string of the molecule is CC(=O)N1CCN(C(=O)c2cccc(N3CCN(C)CC3)n2)CC1. The van der Waals surface area contributed by atoms with Crippen LogP contribution in [0.15, 0.2) is 18.2 Å². The molecule has 7 heteroatoms. The van der Waals surface area contributed by atoms with E-state index in [1.165, 1.54) is 0 Å². The Morgan fingerprint density at radius 1 is 0.917 bits per heavy atom. The van der Waals surface area contributed by atoms with Gasteiger partial charge in [-0.2, -0.15) is 0 Å². The van der Waals surface area contributed by atoms with E-state index < -0.39 is 0 Å². The fourth-order valence-electron chi connectivity index (χ4n) is 3.14. The molecule has 0 aliphatic carbocycles. The molecule has 2 aliphatic rings. The van der Waals surface area contributed by atoms with Crippen molar-refractivity contribution in [3.63, 3.8) is 0 Å². The molecule has 130 valence electrons. The molecule has 0 N–H and O–H groups in total. The number of likely N-dealkylation sites (N-methyl/N-ethyl adjacent to an activating group) is 1. The minimum Gasteiger partial charge on any atom is -0.354 e. The first-order valence-electron chi connectivity index (χ1n) is 8.50. The lowest BCUT2D eigenvalue weighted by Gasteiger charge is -2.35. The van der Waals surface area contributed by atoms with Crippen molar-refractivity contribution < 1.29 is 9.59 Å². The Balaban J connectivity index is 1.65. The first-order valence-corrected chi connectivity index (χ1v) is 8.50. The molecule has 3 rings (SSSR count). The molecule has 0 radical (unpaired) electrons. The fourth-order valence-corrected chi connectivity index (χ4v) is 3.14. The molecule has 1 aromatic heterocycles. The van der Waals surface area contributed by atoms with Gasteiger partial charge >= 0.3 is 0 Å². The van der Waals surface area contributed by atoms with E-state index in [9.17, 15) is 9.59 Å². The molecule has 7 nitrogen and oxygen atoms in total. The summed E-state index contributed by atoms with van der Waals surface area (Å²) in [4.78, 5) is 36.8. The van der Waals surface area contributed by atoms with Crippen molar-refractivity contribution in [2.75, 3.05) is 64.3 Å². The molecule has 0 bridgehead atoms. The standard InChI is InChI=1S/C17H25N5O2/c1-14(23)20-10-12-22(13-11-20)17(24)15-4-3-5-16(18-15)21-8-6-19(2)7-9-21/h3-5H,6-13H2,1-2H3. The number of anilines is 1. The molecule has 0 atom stereocenters. The minimum absolute atomic E-state index is 0.0471. The first-order chi connectivity index (χ1) is 11.5. The van der Waals surface area contributed by atoms with Gasteiger partial charge in [-0.15, -0.1) is 0 Å². The maximum atomic E-state index is 12.7. The summed E-state index contributed by atoms with van der Waals surface area (Å²) in [7, 11) is 2.12. The van der Waals surface area contributed by atoms with Crippen molar-refractivity contribution in [2.24, 2.45) is 0 Å². The van der Waals surface area contributed by atoms with Gasteiger partial charge in [0.1, 0.15) is 11.5 Å². The van der Waals surface area contributed by atoms with Crippen LogP contribution < -0.4 is 4.90 Å². The lowest BCUT2D eigenvalue weighted by atomic mass is 10.2. The second-order valence-corrected chi connectivity index (χ2v) is 6.47. The monoisotopic (exact) mass is 331 g/mol. The van der Waals surface area contributed by atoms with Gasteiger partial charge in [-0.05, 0) is 19.2 Å². The number of carbonyl (C=O) groups excluding carboxylic acids is 2. The van der Waals surface area contributed by atoms with Gasteiger partial charge in [0.05, 0.1) is 0 Å². The quantitative estimate of drug-likeness (QED) is 0.771. The highest BCUT2D eigenvalue weighted by atomic mass is 16.2. The molecule has 0 spiro atoms. The van der Waals surface area contributed by atoms with E-state index >= 15 is 0 Å². The van der Waals surface area contributed by atoms with Crippen LogP contribution >= 0.6 is 0 Å². The fraction of sp³-hybridized carbons (Fsp3) is 0.588. The van der Waals surface area contributed by atoms with Crippen molar-refractivity contribution >= 4 is 17.6 Å². The molecule has 0 unspecified atom stereocenters. The number of nitrogens with zero attached hydrogens (tertiary/aromatic N) is 5. The van der Waals surface area contributed by atoms with Gasteiger partial charge in [-0.1, -0.05) is 6.07 Å². The van der Waals surface area contributed by atoms with Crippen LogP contribution in [0.3, 0.4) is 0 Å². The van der Waals surface area contributed by atoms with Gasteiger partial charge in [-0.3, -0.25) is 9.59 Å². The maximum absolute atomic E-state index is 12.7. The summed E-state index contributed by atoms with van der Waals surface area (Å²) in [5.74, 6) is 0.891. The highest BCUT2D eigenvalue weighted by molar-refractivity contribution is 5.93. The average Bonchev–Trinajstić information content (AvgIpc) is 2.62. The Hall–Kier alpha value is -2.15. The topological polar surface area (TPSA) is 60.0 Å². The Morgan fingerprint density at radius 2 is 1.54 bits per heavy atom. The Kier molecular flexibility index (Phi) is 4.99. The maximum Gasteiger partial charge on any atom is 0.272 e. The Bertz CT molecular complexity index is 605. The zero-order chi connectivity index (χ0) is 17.1. The van der Waals surface area contributed by atoms with Crippen molar-refractivity contribution in [3.05, 3.63) is 23.9 Å². The Morgan fingerprint density at radius 3 is 2.17 bits per heavy atom. The summed E-state index contributed by atoms with van der Waals surface area (Å²) in [6, 6.07) is 5.65. The van der Waals surface area contributed by atoms with Crippen LogP contribution in [0, 0.1) is 0 Å². The molecule has 2 amide bonds. The second-order valence-electron chi connectivity index (χ2n) is 6.47. The highest BCUT2D eigenvalue weighted by Gasteiger charge is 2.24. The van der Waals surface area contributed by atoms with Gasteiger partial charge in [0.2, 0.25) is 5.91 Å². The lowest BCUT2D eigenvalue weighted by Crippen LogP contribution is -2.50. The molecule has 0 saturated carbocycles. The van der Waals surface area contributed by atoms with Gasteiger partial charge in [0.25, 0.3) is 5.91 Å². The molecule has 2 saturated heterocycles. The number of pyridine rings is 1. The number of piperazine rings is 2. The number of aromatic nitrogens is 1. The number of amides is 2. The number of carbonyl (C=O) groups is 2. The summed E-state index contributed by atoms with van der Waals surface area (Å²) in [6.45, 7) is 7.77. The Labute approximate surface area is 142 Å². The van der Waals surface area contributed by atoms with Crippen LogP contribution in [0.4, 0.5) is 5.82 Å². The van der Waals surface area contributed by atoms with E-state index in [4.69, 9.17) is 0 Å². The van der Waals surface area contributed by atoms with Crippen LogP contribution in [0.5, 0.6) is 0 Å². The summed E-state index contributed by atoms with van der Waals surface area (Å²) in [6.07, 6.45) is 0. The van der Waals surface area contributed by atoms with Gasteiger partial charge in [0, 0.05) is 59.3 Å². The van der Waals surface area contributed by atoms with E-state index in [-0.39, 0.29) is 11.8 Å². The zero-order valence-corrected chi connectivity index (χ0v) is 14.4. The molecule has 2 aliphatic heterocycles. The molecule has 2 fully saturated rings. The van der Waals surface area contributed by atoms with E-state index in [1.807, 2.05) is 12.1 Å².